The summed E-state index contributed by atoms with van der Waals surface area (Å²) in [5.74, 6) is 0.261. The van der Waals surface area contributed by atoms with E-state index in [-0.39, 0.29) is 11.9 Å². The van der Waals surface area contributed by atoms with E-state index in [4.69, 9.17) is 4.52 Å². The fourth-order valence-corrected chi connectivity index (χ4v) is 2.59. The Kier molecular flexibility index (Phi) is 4.01. The predicted octanol–water partition coefficient (Wildman–Crippen LogP) is 2.33. The lowest BCUT2D eigenvalue weighted by Gasteiger charge is -2.14. The average Bonchev–Trinajstić information content (AvgIpc) is 3.13. The Bertz CT molecular complexity index is 736. The topological polar surface area (TPSA) is 87.5 Å². The molecule has 0 atom stereocenters. The number of amides is 3. The third kappa shape index (κ3) is 2.90. The standard InChI is InChI=1S/C16H18N4O3/c1-3-13-14(10(2)23-19-13)15(21)18-11-4-6-12(7-5-11)20-9-8-17-16(20)22/h4-7H,3,8-9H2,1-2H3,(H,17,22)(H,18,21). The Hall–Kier alpha value is -2.83. The fraction of sp³-hybridized carbons (Fsp3) is 0.312. The van der Waals surface area contributed by atoms with Crippen molar-refractivity contribution >= 4 is 23.3 Å². The summed E-state index contributed by atoms with van der Waals surface area (Å²) in [6.07, 6.45) is 0.628. The maximum absolute atomic E-state index is 12.4. The van der Waals surface area contributed by atoms with Crippen LogP contribution >= 0.6 is 0 Å². The minimum atomic E-state index is -0.243. The van der Waals surface area contributed by atoms with Gasteiger partial charge in [-0.1, -0.05) is 12.1 Å². The van der Waals surface area contributed by atoms with Crippen molar-refractivity contribution < 1.29 is 14.1 Å². The molecule has 23 heavy (non-hydrogen) atoms. The van der Waals surface area contributed by atoms with Gasteiger partial charge in [-0.2, -0.15) is 0 Å². The van der Waals surface area contributed by atoms with E-state index >= 15 is 0 Å². The molecule has 0 spiro atoms. The number of aromatic nitrogens is 1. The number of carbonyl (C=O) groups is 2. The van der Waals surface area contributed by atoms with Gasteiger partial charge in [-0.15, -0.1) is 0 Å². The SMILES string of the molecule is CCc1noc(C)c1C(=O)Nc1ccc(N2CCNC2=O)cc1. The van der Waals surface area contributed by atoms with Gasteiger partial charge in [-0.25, -0.2) is 4.79 Å². The molecule has 0 radical (unpaired) electrons. The third-order valence-corrected chi connectivity index (χ3v) is 3.79. The smallest absolute Gasteiger partial charge is 0.321 e. The third-order valence-electron chi connectivity index (χ3n) is 3.79. The van der Waals surface area contributed by atoms with E-state index in [0.717, 1.165) is 5.69 Å². The van der Waals surface area contributed by atoms with Crippen molar-refractivity contribution in [2.75, 3.05) is 23.3 Å². The largest absolute Gasteiger partial charge is 0.361 e. The van der Waals surface area contributed by atoms with Crippen molar-refractivity contribution in [2.24, 2.45) is 0 Å². The summed E-state index contributed by atoms with van der Waals surface area (Å²) < 4.78 is 5.08. The second-order valence-corrected chi connectivity index (χ2v) is 5.30. The number of hydrogen-bond acceptors (Lipinski definition) is 4. The van der Waals surface area contributed by atoms with E-state index in [1.54, 1.807) is 24.0 Å². The number of carbonyl (C=O) groups excluding carboxylic acids is 2. The second-order valence-electron chi connectivity index (χ2n) is 5.30. The van der Waals surface area contributed by atoms with Gasteiger partial charge in [0, 0.05) is 24.5 Å². The fourth-order valence-electron chi connectivity index (χ4n) is 2.59. The van der Waals surface area contributed by atoms with Crippen LogP contribution in [0.25, 0.3) is 0 Å². The van der Waals surface area contributed by atoms with Crippen LogP contribution in [0.3, 0.4) is 0 Å². The number of nitrogens with one attached hydrogen (secondary N) is 2. The first-order chi connectivity index (χ1) is 11.1. The number of urea groups is 1. The van der Waals surface area contributed by atoms with E-state index in [1.807, 2.05) is 19.1 Å². The number of rotatable bonds is 4. The van der Waals surface area contributed by atoms with E-state index in [2.05, 4.69) is 15.8 Å². The van der Waals surface area contributed by atoms with Crippen LogP contribution in [0.15, 0.2) is 28.8 Å². The van der Waals surface area contributed by atoms with Crippen molar-refractivity contribution in [2.45, 2.75) is 20.3 Å². The highest BCUT2D eigenvalue weighted by atomic mass is 16.5. The van der Waals surface area contributed by atoms with E-state index in [1.165, 1.54) is 0 Å². The average molecular weight is 314 g/mol. The Morgan fingerprint density at radius 1 is 1.39 bits per heavy atom. The molecule has 3 rings (SSSR count). The van der Waals surface area contributed by atoms with Crippen molar-refractivity contribution in [3.8, 4) is 0 Å². The molecule has 1 aromatic carbocycles. The lowest BCUT2D eigenvalue weighted by molar-refractivity contribution is 0.102. The predicted molar refractivity (Wildman–Crippen MR) is 85.8 cm³/mol. The molecule has 1 aliphatic rings. The van der Waals surface area contributed by atoms with Gasteiger partial charge in [-0.3, -0.25) is 9.69 Å². The minimum absolute atomic E-state index is 0.102. The summed E-state index contributed by atoms with van der Waals surface area (Å²) in [6, 6.07) is 7.05. The van der Waals surface area contributed by atoms with Crippen LogP contribution in [-0.2, 0) is 6.42 Å². The van der Waals surface area contributed by atoms with Gasteiger partial charge >= 0.3 is 6.03 Å². The molecule has 0 aliphatic carbocycles. The van der Waals surface area contributed by atoms with Gasteiger partial charge in [0.05, 0.1) is 5.69 Å². The number of aryl methyl sites for hydroxylation is 2. The Morgan fingerprint density at radius 3 is 2.74 bits per heavy atom. The molecule has 1 fully saturated rings. The van der Waals surface area contributed by atoms with Crippen LogP contribution in [0, 0.1) is 6.92 Å². The van der Waals surface area contributed by atoms with Crippen LogP contribution in [0.2, 0.25) is 0 Å². The monoisotopic (exact) mass is 314 g/mol. The van der Waals surface area contributed by atoms with Crippen LogP contribution in [0.5, 0.6) is 0 Å². The molecule has 0 saturated carbocycles. The summed E-state index contributed by atoms with van der Waals surface area (Å²) >= 11 is 0. The van der Waals surface area contributed by atoms with Crippen molar-refractivity contribution in [1.82, 2.24) is 10.5 Å². The highest BCUT2D eigenvalue weighted by Gasteiger charge is 2.22. The molecule has 1 aromatic heterocycles. The van der Waals surface area contributed by atoms with Gasteiger partial charge in [0.2, 0.25) is 0 Å². The molecular formula is C16H18N4O3. The normalized spacial score (nSPS) is 14.0. The molecule has 2 aromatic rings. The number of benzene rings is 1. The summed E-state index contributed by atoms with van der Waals surface area (Å²) in [5.41, 5.74) is 2.58. The van der Waals surface area contributed by atoms with Gasteiger partial charge in [0.15, 0.2) is 0 Å². The molecule has 7 nitrogen and oxygen atoms in total. The zero-order valence-electron chi connectivity index (χ0n) is 13.0. The van der Waals surface area contributed by atoms with E-state index in [0.29, 0.717) is 42.2 Å². The summed E-state index contributed by atoms with van der Waals surface area (Å²) in [4.78, 5) is 25.7. The lowest BCUT2D eigenvalue weighted by Crippen LogP contribution is -2.27. The highest BCUT2D eigenvalue weighted by molar-refractivity contribution is 6.05. The van der Waals surface area contributed by atoms with Crippen molar-refractivity contribution in [3.05, 3.63) is 41.3 Å². The number of anilines is 2. The molecule has 1 saturated heterocycles. The molecule has 120 valence electrons. The first kappa shape index (κ1) is 15.1. The van der Waals surface area contributed by atoms with Crippen molar-refractivity contribution in [3.63, 3.8) is 0 Å². The molecule has 1 aliphatic heterocycles. The summed E-state index contributed by atoms with van der Waals surface area (Å²) in [5, 5.41) is 9.47. The molecule has 3 amide bonds. The maximum atomic E-state index is 12.4. The zero-order valence-corrected chi connectivity index (χ0v) is 13.0. The molecule has 0 unspecified atom stereocenters. The highest BCUT2D eigenvalue weighted by Crippen LogP contribution is 2.21. The Morgan fingerprint density at radius 2 is 2.13 bits per heavy atom. The van der Waals surface area contributed by atoms with Crippen LogP contribution in [0.1, 0.15) is 28.7 Å². The van der Waals surface area contributed by atoms with Gasteiger partial charge in [0.1, 0.15) is 11.3 Å². The first-order valence-corrected chi connectivity index (χ1v) is 7.52. The summed E-state index contributed by atoms with van der Waals surface area (Å²) in [7, 11) is 0. The molecule has 2 heterocycles. The zero-order chi connectivity index (χ0) is 16.4. The van der Waals surface area contributed by atoms with Gasteiger partial charge in [0.25, 0.3) is 5.91 Å². The quantitative estimate of drug-likeness (QED) is 0.906. The van der Waals surface area contributed by atoms with Crippen LogP contribution in [-0.4, -0.2) is 30.2 Å². The molecular weight excluding hydrogens is 296 g/mol. The van der Waals surface area contributed by atoms with E-state index < -0.39 is 0 Å². The molecule has 2 N–H and O–H groups in total. The van der Waals surface area contributed by atoms with Crippen LogP contribution < -0.4 is 15.5 Å². The lowest BCUT2D eigenvalue weighted by atomic mass is 10.1. The number of hydrogen-bond donors (Lipinski definition) is 2. The molecule has 7 heteroatoms. The molecule has 0 bridgehead atoms. The minimum Gasteiger partial charge on any atom is -0.361 e. The Balaban J connectivity index is 1.74. The maximum Gasteiger partial charge on any atom is 0.321 e. The second kappa shape index (κ2) is 6.12. The number of nitrogens with zero attached hydrogens (tertiary/aromatic N) is 2. The van der Waals surface area contributed by atoms with Crippen molar-refractivity contribution in [1.29, 1.82) is 0 Å². The van der Waals surface area contributed by atoms with E-state index in [9.17, 15) is 9.59 Å². The summed E-state index contributed by atoms with van der Waals surface area (Å²) in [6.45, 7) is 4.92. The van der Waals surface area contributed by atoms with Gasteiger partial charge in [-0.05, 0) is 37.6 Å². The van der Waals surface area contributed by atoms with Crippen LogP contribution in [0.4, 0.5) is 16.2 Å². The van der Waals surface area contributed by atoms with Gasteiger partial charge < -0.3 is 15.2 Å². The Labute approximate surface area is 133 Å². The first-order valence-electron chi connectivity index (χ1n) is 7.52.